The fraction of sp³-hybridized carbons (Fsp3) is 1.00. The van der Waals surface area contributed by atoms with Crippen LogP contribution in [0.2, 0.25) is 0 Å². The van der Waals surface area contributed by atoms with Crippen LogP contribution in [0.15, 0.2) is 0 Å². The number of ether oxygens (including phenoxy) is 1. The third-order valence-electron chi connectivity index (χ3n) is 3.21. The van der Waals surface area contributed by atoms with Gasteiger partial charge in [0.1, 0.15) is 0 Å². The van der Waals surface area contributed by atoms with Gasteiger partial charge in [0.2, 0.25) is 0 Å². The van der Waals surface area contributed by atoms with Gasteiger partial charge in [-0.3, -0.25) is 0 Å². The molecule has 0 aliphatic heterocycles. The summed E-state index contributed by atoms with van der Waals surface area (Å²) in [5, 5.41) is 3.55. The molecule has 0 aromatic heterocycles. The van der Waals surface area contributed by atoms with E-state index in [2.05, 4.69) is 12.2 Å². The summed E-state index contributed by atoms with van der Waals surface area (Å²) in [7, 11) is 0. The molecule has 1 rings (SSSR count). The van der Waals surface area contributed by atoms with Crippen LogP contribution in [0.1, 0.15) is 46.0 Å². The predicted molar refractivity (Wildman–Crippen MR) is 60.6 cm³/mol. The zero-order valence-corrected chi connectivity index (χ0v) is 9.77. The Morgan fingerprint density at radius 1 is 1.29 bits per heavy atom. The molecule has 0 saturated heterocycles. The molecule has 1 N–H and O–H groups in total. The Hall–Kier alpha value is -0.0800. The van der Waals surface area contributed by atoms with Crippen molar-refractivity contribution in [3.05, 3.63) is 0 Å². The lowest BCUT2D eigenvalue weighted by Crippen LogP contribution is -2.30. The summed E-state index contributed by atoms with van der Waals surface area (Å²) < 4.78 is 5.29. The van der Waals surface area contributed by atoms with Crippen LogP contribution in [0.25, 0.3) is 0 Å². The highest BCUT2D eigenvalue weighted by Crippen LogP contribution is 2.36. The summed E-state index contributed by atoms with van der Waals surface area (Å²) in [5.41, 5.74) is 0.589. The molecule has 0 bridgehead atoms. The lowest BCUT2D eigenvalue weighted by atomic mass is 9.89. The van der Waals surface area contributed by atoms with Gasteiger partial charge in [-0.2, -0.15) is 0 Å². The third-order valence-corrected chi connectivity index (χ3v) is 3.21. The summed E-state index contributed by atoms with van der Waals surface area (Å²) in [6.07, 6.45) is 6.81. The number of hydrogen-bond acceptors (Lipinski definition) is 2. The first kappa shape index (κ1) is 12.0. The van der Waals surface area contributed by atoms with E-state index in [0.717, 1.165) is 26.2 Å². The van der Waals surface area contributed by atoms with Crippen LogP contribution in [0.3, 0.4) is 0 Å². The Labute approximate surface area is 88.4 Å². The minimum atomic E-state index is 0.589. The highest BCUT2D eigenvalue weighted by atomic mass is 16.5. The predicted octanol–water partition coefficient (Wildman–Crippen LogP) is 2.58. The summed E-state index contributed by atoms with van der Waals surface area (Å²) in [5.74, 6) is 0. The SMILES string of the molecule is CCOCCCNCC1(C)CCCC1. The first-order chi connectivity index (χ1) is 6.77. The smallest absolute Gasteiger partial charge is 0.0477 e. The molecule has 2 nitrogen and oxygen atoms in total. The first-order valence-electron chi connectivity index (χ1n) is 6.05. The van der Waals surface area contributed by atoms with Gasteiger partial charge < -0.3 is 10.1 Å². The maximum absolute atomic E-state index is 5.29. The molecule has 1 aliphatic carbocycles. The molecule has 0 unspecified atom stereocenters. The molecule has 14 heavy (non-hydrogen) atoms. The Kier molecular flexibility index (Phi) is 5.49. The van der Waals surface area contributed by atoms with Crippen molar-refractivity contribution in [2.45, 2.75) is 46.0 Å². The fourth-order valence-corrected chi connectivity index (χ4v) is 2.24. The van der Waals surface area contributed by atoms with Gasteiger partial charge in [0.05, 0.1) is 0 Å². The molecule has 0 spiro atoms. The summed E-state index contributed by atoms with van der Waals surface area (Å²) in [6.45, 7) is 8.51. The van der Waals surface area contributed by atoms with Crippen LogP contribution in [0.4, 0.5) is 0 Å². The van der Waals surface area contributed by atoms with Crippen molar-refractivity contribution in [1.82, 2.24) is 5.32 Å². The van der Waals surface area contributed by atoms with Gasteiger partial charge in [0, 0.05) is 19.8 Å². The zero-order chi connectivity index (χ0) is 10.3. The van der Waals surface area contributed by atoms with E-state index in [4.69, 9.17) is 4.74 Å². The van der Waals surface area contributed by atoms with Crippen LogP contribution in [0.5, 0.6) is 0 Å². The monoisotopic (exact) mass is 199 g/mol. The molecule has 84 valence electrons. The first-order valence-corrected chi connectivity index (χ1v) is 6.05. The van der Waals surface area contributed by atoms with Crippen LogP contribution < -0.4 is 5.32 Å². The van der Waals surface area contributed by atoms with Crippen molar-refractivity contribution in [3.8, 4) is 0 Å². The average Bonchev–Trinajstić information content (AvgIpc) is 2.59. The maximum Gasteiger partial charge on any atom is 0.0477 e. The second-order valence-electron chi connectivity index (χ2n) is 4.75. The van der Waals surface area contributed by atoms with Crippen molar-refractivity contribution < 1.29 is 4.74 Å². The van der Waals surface area contributed by atoms with Gasteiger partial charge in [-0.1, -0.05) is 19.8 Å². The van der Waals surface area contributed by atoms with Gasteiger partial charge in [-0.15, -0.1) is 0 Å². The van der Waals surface area contributed by atoms with Crippen molar-refractivity contribution >= 4 is 0 Å². The second kappa shape index (κ2) is 6.41. The second-order valence-corrected chi connectivity index (χ2v) is 4.75. The number of nitrogens with one attached hydrogen (secondary N) is 1. The molecule has 0 heterocycles. The number of hydrogen-bond donors (Lipinski definition) is 1. The number of rotatable bonds is 7. The molecule has 0 aromatic rings. The Morgan fingerprint density at radius 3 is 2.64 bits per heavy atom. The quantitative estimate of drug-likeness (QED) is 0.636. The van der Waals surface area contributed by atoms with Crippen LogP contribution in [-0.4, -0.2) is 26.3 Å². The third kappa shape index (κ3) is 4.43. The van der Waals surface area contributed by atoms with Crippen molar-refractivity contribution in [2.75, 3.05) is 26.3 Å². The zero-order valence-electron chi connectivity index (χ0n) is 9.77. The lowest BCUT2D eigenvalue weighted by molar-refractivity contribution is 0.143. The van der Waals surface area contributed by atoms with Crippen molar-refractivity contribution in [2.24, 2.45) is 5.41 Å². The van der Waals surface area contributed by atoms with Crippen molar-refractivity contribution in [1.29, 1.82) is 0 Å². The van der Waals surface area contributed by atoms with E-state index in [1.165, 1.54) is 32.2 Å². The van der Waals surface area contributed by atoms with E-state index in [-0.39, 0.29) is 0 Å². The summed E-state index contributed by atoms with van der Waals surface area (Å²) >= 11 is 0. The van der Waals surface area contributed by atoms with Gasteiger partial charge in [0.15, 0.2) is 0 Å². The summed E-state index contributed by atoms with van der Waals surface area (Å²) in [4.78, 5) is 0. The molecule has 2 heteroatoms. The van der Waals surface area contributed by atoms with E-state index in [1.54, 1.807) is 0 Å². The fourth-order valence-electron chi connectivity index (χ4n) is 2.24. The van der Waals surface area contributed by atoms with Gasteiger partial charge in [-0.25, -0.2) is 0 Å². The van der Waals surface area contributed by atoms with Crippen LogP contribution >= 0.6 is 0 Å². The van der Waals surface area contributed by atoms with E-state index >= 15 is 0 Å². The van der Waals surface area contributed by atoms with Crippen molar-refractivity contribution in [3.63, 3.8) is 0 Å². The van der Waals surface area contributed by atoms with Gasteiger partial charge in [-0.05, 0) is 38.1 Å². The maximum atomic E-state index is 5.29. The normalized spacial score (nSPS) is 20.1. The molecule has 0 radical (unpaired) electrons. The molecule has 1 aliphatic rings. The molecule has 1 fully saturated rings. The Morgan fingerprint density at radius 2 is 2.00 bits per heavy atom. The van der Waals surface area contributed by atoms with Gasteiger partial charge >= 0.3 is 0 Å². The van der Waals surface area contributed by atoms with Crippen LogP contribution in [-0.2, 0) is 4.74 Å². The topological polar surface area (TPSA) is 21.3 Å². The highest BCUT2D eigenvalue weighted by molar-refractivity contribution is 4.82. The van der Waals surface area contributed by atoms with Crippen LogP contribution in [0, 0.1) is 5.41 Å². The molecule has 0 aromatic carbocycles. The minimum Gasteiger partial charge on any atom is -0.382 e. The largest absolute Gasteiger partial charge is 0.382 e. The lowest BCUT2D eigenvalue weighted by Gasteiger charge is -2.23. The minimum absolute atomic E-state index is 0.589. The summed E-state index contributed by atoms with van der Waals surface area (Å²) in [6, 6.07) is 0. The van der Waals surface area contributed by atoms with E-state index in [1.807, 2.05) is 6.92 Å². The molecular weight excluding hydrogens is 174 g/mol. The standard InChI is InChI=1S/C12H25NO/c1-3-14-10-6-9-13-11-12(2)7-4-5-8-12/h13H,3-11H2,1-2H3. The average molecular weight is 199 g/mol. The molecule has 0 atom stereocenters. The highest BCUT2D eigenvalue weighted by Gasteiger charge is 2.27. The molecular formula is C12H25NO. The Balaban J connectivity index is 1.92. The van der Waals surface area contributed by atoms with Gasteiger partial charge in [0.25, 0.3) is 0 Å². The Bertz CT molecular complexity index is 141. The van der Waals surface area contributed by atoms with E-state index in [9.17, 15) is 0 Å². The van der Waals surface area contributed by atoms with E-state index in [0.29, 0.717) is 5.41 Å². The van der Waals surface area contributed by atoms with E-state index < -0.39 is 0 Å². The molecule has 1 saturated carbocycles. The molecule has 0 amide bonds.